The second-order valence-corrected chi connectivity index (χ2v) is 11.0. The first-order valence-corrected chi connectivity index (χ1v) is 14.2. The number of nitrogens with zero attached hydrogens (tertiary/aromatic N) is 1. The molecule has 0 spiro atoms. The van der Waals surface area contributed by atoms with E-state index in [-0.39, 0.29) is 30.7 Å². The summed E-state index contributed by atoms with van der Waals surface area (Å²) < 4.78 is 0. The predicted molar refractivity (Wildman–Crippen MR) is 163 cm³/mol. The highest BCUT2D eigenvalue weighted by Gasteiger charge is 2.32. The summed E-state index contributed by atoms with van der Waals surface area (Å²) in [6, 6.07) is 36.9. The normalized spacial score (nSPS) is 11.8. The Labute approximate surface area is 243 Å². The minimum Gasteiger partial charge on any atom is -0.354 e. The van der Waals surface area contributed by atoms with Crippen molar-refractivity contribution in [2.45, 2.75) is 45.2 Å². The summed E-state index contributed by atoms with van der Waals surface area (Å²) >= 11 is 6.33. The first kappa shape index (κ1) is 29.1. The molecule has 0 fully saturated rings. The van der Waals surface area contributed by atoms with Crippen molar-refractivity contribution in [3.63, 3.8) is 0 Å². The van der Waals surface area contributed by atoms with E-state index in [2.05, 4.69) is 43.4 Å². The maximum absolute atomic E-state index is 14.4. The lowest BCUT2D eigenvalue weighted by molar-refractivity contribution is -0.141. The first-order chi connectivity index (χ1) is 19.4. The number of carbonyl (C=O) groups excluding carboxylic acids is 2. The molecule has 0 aliphatic heterocycles. The van der Waals surface area contributed by atoms with Gasteiger partial charge in [-0.15, -0.1) is 0 Å². The van der Waals surface area contributed by atoms with Crippen LogP contribution in [-0.2, 0) is 22.6 Å². The van der Waals surface area contributed by atoms with E-state index < -0.39 is 6.04 Å². The average Bonchev–Trinajstić information content (AvgIpc) is 2.97. The highest BCUT2D eigenvalue weighted by atomic mass is 35.5. The zero-order chi connectivity index (χ0) is 28.3. The van der Waals surface area contributed by atoms with E-state index in [4.69, 9.17) is 11.6 Å². The van der Waals surface area contributed by atoms with Gasteiger partial charge in [-0.05, 0) is 40.3 Å². The molecule has 4 aromatic rings. The Morgan fingerprint density at radius 2 is 1.30 bits per heavy atom. The van der Waals surface area contributed by atoms with Gasteiger partial charge in [0.2, 0.25) is 11.8 Å². The molecule has 40 heavy (non-hydrogen) atoms. The van der Waals surface area contributed by atoms with Crippen molar-refractivity contribution in [2.24, 2.45) is 5.92 Å². The number of nitrogens with one attached hydrogen (secondary N) is 1. The zero-order valence-corrected chi connectivity index (χ0v) is 23.9. The van der Waals surface area contributed by atoms with Crippen LogP contribution >= 0.6 is 11.6 Å². The van der Waals surface area contributed by atoms with Crippen LogP contribution < -0.4 is 5.32 Å². The topological polar surface area (TPSA) is 49.4 Å². The van der Waals surface area contributed by atoms with Crippen LogP contribution in [0.2, 0.25) is 5.02 Å². The molecule has 0 saturated carbocycles. The van der Waals surface area contributed by atoms with E-state index >= 15 is 0 Å². The fourth-order valence-corrected chi connectivity index (χ4v) is 5.11. The fourth-order valence-electron chi connectivity index (χ4n) is 4.90. The number of rotatable bonds is 12. The SMILES string of the molecule is CC(C)CNC(=O)[C@H](Cc1ccccc1)N(Cc1cccc(Cl)c1)C(=O)CC(c1ccccc1)c1ccccc1. The number of halogens is 1. The Morgan fingerprint density at radius 3 is 1.85 bits per heavy atom. The predicted octanol–water partition coefficient (Wildman–Crippen LogP) is 7.27. The quantitative estimate of drug-likeness (QED) is 0.201. The lowest BCUT2D eigenvalue weighted by atomic mass is 9.87. The van der Waals surface area contributed by atoms with Crippen molar-refractivity contribution in [3.05, 3.63) is 143 Å². The third-order valence-electron chi connectivity index (χ3n) is 6.98. The number of hydrogen-bond acceptors (Lipinski definition) is 2. The first-order valence-electron chi connectivity index (χ1n) is 13.9. The van der Waals surface area contributed by atoms with Crippen LogP contribution in [-0.4, -0.2) is 29.3 Å². The maximum atomic E-state index is 14.4. The largest absolute Gasteiger partial charge is 0.354 e. The molecule has 0 aliphatic rings. The molecule has 1 N–H and O–H groups in total. The van der Waals surface area contributed by atoms with Crippen molar-refractivity contribution in [1.29, 1.82) is 0 Å². The summed E-state index contributed by atoms with van der Waals surface area (Å²) in [6.45, 7) is 4.94. The van der Waals surface area contributed by atoms with Gasteiger partial charge < -0.3 is 10.2 Å². The number of carbonyl (C=O) groups is 2. The van der Waals surface area contributed by atoms with Gasteiger partial charge in [-0.3, -0.25) is 9.59 Å². The Bertz CT molecular complexity index is 1320. The van der Waals surface area contributed by atoms with Crippen molar-refractivity contribution in [1.82, 2.24) is 10.2 Å². The van der Waals surface area contributed by atoms with Crippen LogP contribution in [0.3, 0.4) is 0 Å². The van der Waals surface area contributed by atoms with Gasteiger partial charge in [0.05, 0.1) is 0 Å². The van der Waals surface area contributed by atoms with Gasteiger partial charge in [0.1, 0.15) is 6.04 Å². The van der Waals surface area contributed by atoms with Gasteiger partial charge in [-0.25, -0.2) is 0 Å². The number of amides is 2. The third kappa shape index (κ3) is 8.30. The molecule has 0 bridgehead atoms. The molecule has 0 unspecified atom stereocenters. The summed E-state index contributed by atoms with van der Waals surface area (Å²) in [6.07, 6.45) is 0.649. The number of benzene rings is 4. The Morgan fingerprint density at radius 1 is 0.750 bits per heavy atom. The van der Waals surface area contributed by atoms with Crippen molar-refractivity contribution >= 4 is 23.4 Å². The molecule has 206 valence electrons. The van der Waals surface area contributed by atoms with Gasteiger partial charge in [0.15, 0.2) is 0 Å². The standard InChI is InChI=1S/C35H37ClN2O2/c1-26(2)24-37-35(40)33(22-27-13-6-3-7-14-27)38(25-28-15-12-20-31(36)21-28)34(39)23-32(29-16-8-4-9-17-29)30-18-10-5-11-19-30/h3-21,26,32-33H,22-25H2,1-2H3,(H,37,40)/t33-/m0/s1. The fraction of sp³-hybridized carbons (Fsp3) is 0.257. The molecule has 2 amide bonds. The average molecular weight is 553 g/mol. The molecule has 4 aromatic carbocycles. The second-order valence-electron chi connectivity index (χ2n) is 10.6. The Hall–Kier alpha value is -3.89. The van der Waals surface area contributed by atoms with Crippen LogP contribution in [0.15, 0.2) is 115 Å². The van der Waals surface area contributed by atoms with Gasteiger partial charge in [0.25, 0.3) is 0 Å². The molecular weight excluding hydrogens is 516 g/mol. The van der Waals surface area contributed by atoms with Crippen molar-refractivity contribution in [2.75, 3.05) is 6.54 Å². The maximum Gasteiger partial charge on any atom is 0.243 e. The van der Waals surface area contributed by atoms with Crippen LogP contribution in [0, 0.1) is 5.92 Å². The molecule has 5 heteroatoms. The van der Waals surface area contributed by atoms with Crippen molar-refractivity contribution in [3.8, 4) is 0 Å². The van der Waals surface area contributed by atoms with E-state index in [1.54, 1.807) is 4.90 Å². The minimum absolute atomic E-state index is 0.0849. The monoisotopic (exact) mass is 552 g/mol. The van der Waals surface area contributed by atoms with Crippen LogP contribution in [0.25, 0.3) is 0 Å². The summed E-state index contributed by atoms with van der Waals surface area (Å²) in [5.74, 6) is -0.0889. The number of hydrogen-bond donors (Lipinski definition) is 1. The van der Waals surface area contributed by atoms with Crippen LogP contribution in [0.5, 0.6) is 0 Å². The molecule has 0 radical (unpaired) electrons. The van der Waals surface area contributed by atoms with E-state index in [9.17, 15) is 9.59 Å². The Balaban J connectivity index is 1.73. The molecule has 0 saturated heterocycles. The van der Waals surface area contributed by atoms with E-state index in [0.29, 0.717) is 23.9 Å². The van der Waals surface area contributed by atoms with Gasteiger partial charge in [-0.2, -0.15) is 0 Å². The molecule has 0 aliphatic carbocycles. The molecular formula is C35H37ClN2O2. The van der Waals surface area contributed by atoms with Crippen LogP contribution in [0.1, 0.15) is 48.4 Å². The lowest BCUT2D eigenvalue weighted by Crippen LogP contribution is -2.51. The second kappa shape index (κ2) is 14.5. The molecule has 0 heterocycles. The lowest BCUT2D eigenvalue weighted by Gasteiger charge is -2.33. The van der Waals surface area contributed by atoms with Gasteiger partial charge in [-0.1, -0.05) is 129 Å². The summed E-state index contributed by atoms with van der Waals surface area (Å²) in [5.41, 5.74) is 4.01. The van der Waals surface area contributed by atoms with Gasteiger partial charge >= 0.3 is 0 Å². The highest BCUT2D eigenvalue weighted by Crippen LogP contribution is 2.30. The minimum atomic E-state index is -0.681. The highest BCUT2D eigenvalue weighted by molar-refractivity contribution is 6.30. The van der Waals surface area contributed by atoms with E-state index in [0.717, 1.165) is 22.3 Å². The molecule has 4 nitrogen and oxygen atoms in total. The summed E-state index contributed by atoms with van der Waals surface area (Å²) in [7, 11) is 0. The third-order valence-corrected chi connectivity index (χ3v) is 7.22. The van der Waals surface area contributed by atoms with E-state index in [1.807, 2.05) is 91.0 Å². The molecule has 1 atom stereocenters. The summed E-state index contributed by atoms with van der Waals surface area (Å²) in [5, 5.41) is 3.69. The smallest absolute Gasteiger partial charge is 0.243 e. The molecule has 4 rings (SSSR count). The zero-order valence-electron chi connectivity index (χ0n) is 23.2. The van der Waals surface area contributed by atoms with Crippen LogP contribution in [0.4, 0.5) is 0 Å². The van der Waals surface area contributed by atoms with E-state index in [1.165, 1.54) is 0 Å². The van der Waals surface area contributed by atoms with Crippen molar-refractivity contribution < 1.29 is 9.59 Å². The van der Waals surface area contributed by atoms with Gasteiger partial charge in [0, 0.05) is 36.9 Å². The molecule has 0 aromatic heterocycles. The summed E-state index contributed by atoms with van der Waals surface area (Å²) in [4.78, 5) is 29.9. The Kier molecular flexibility index (Phi) is 10.5.